The Hall–Kier alpha value is -1.78. The van der Waals surface area contributed by atoms with Gasteiger partial charge in [-0.05, 0) is 25.0 Å². The van der Waals surface area contributed by atoms with Crippen LogP contribution >= 0.6 is 0 Å². The monoisotopic (exact) mass is 279 g/mol. The highest BCUT2D eigenvalue weighted by Crippen LogP contribution is 2.23. The van der Waals surface area contributed by atoms with Gasteiger partial charge in [-0.2, -0.15) is 9.57 Å². The minimum absolute atomic E-state index is 0.0935. The predicted molar refractivity (Wildman–Crippen MR) is 66.5 cm³/mol. The van der Waals surface area contributed by atoms with Gasteiger partial charge in [-0.15, -0.1) is 0 Å². The number of carbonyl (C=O) groups is 1. The average molecular weight is 279 g/mol. The van der Waals surface area contributed by atoms with Gasteiger partial charge in [-0.1, -0.05) is 0 Å². The minimum atomic E-state index is -3.76. The van der Waals surface area contributed by atoms with E-state index in [0.29, 0.717) is 19.4 Å². The number of aromatic nitrogens is 1. The number of nitrogens with zero attached hydrogens (tertiary/aromatic N) is 3. The second kappa shape index (κ2) is 5.47. The predicted octanol–water partition coefficient (Wildman–Crippen LogP) is 0.553. The molecule has 0 radical (unpaired) electrons. The van der Waals surface area contributed by atoms with Gasteiger partial charge in [-0.25, -0.2) is 13.4 Å². The summed E-state index contributed by atoms with van der Waals surface area (Å²) >= 11 is 0. The van der Waals surface area contributed by atoms with Gasteiger partial charge < -0.3 is 4.79 Å². The van der Waals surface area contributed by atoms with E-state index in [2.05, 4.69) is 4.98 Å². The number of rotatable bonds is 3. The van der Waals surface area contributed by atoms with E-state index in [0.717, 1.165) is 6.29 Å². The maximum Gasteiger partial charge on any atom is 0.245 e. The maximum absolute atomic E-state index is 12.4. The van der Waals surface area contributed by atoms with Gasteiger partial charge in [0.25, 0.3) is 0 Å². The number of carbonyl (C=O) groups excluding carboxylic acids is 1. The fraction of sp³-hybridized carbons (Fsp3) is 0.417. The van der Waals surface area contributed by atoms with Crippen LogP contribution in [0.4, 0.5) is 0 Å². The first kappa shape index (κ1) is 13.6. The molecule has 7 heteroatoms. The summed E-state index contributed by atoms with van der Waals surface area (Å²) in [5.41, 5.74) is -0.115. The number of nitriles is 1. The molecule has 2 rings (SSSR count). The van der Waals surface area contributed by atoms with Crippen molar-refractivity contribution in [2.75, 3.05) is 13.1 Å². The van der Waals surface area contributed by atoms with E-state index < -0.39 is 10.0 Å². The van der Waals surface area contributed by atoms with E-state index in [9.17, 15) is 13.2 Å². The smallest absolute Gasteiger partial charge is 0.245 e. The van der Waals surface area contributed by atoms with Gasteiger partial charge in [0, 0.05) is 25.2 Å². The van der Waals surface area contributed by atoms with E-state index in [1.165, 1.54) is 22.6 Å². The van der Waals surface area contributed by atoms with Gasteiger partial charge in [-0.3, -0.25) is 0 Å². The zero-order valence-corrected chi connectivity index (χ0v) is 11.0. The van der Waals surface area contributed by atoms with Crippen LogP contribution in [0.25, 0.3) is 0 Å². The quantitative estimate of drug-likeness (QED) is 0.754. The van der Waals surface area contributed by atoms with Gasteiger partial charge in [0.2, 0.25) is 10.0 Å². The number of aldehydes is 1. The van der Waals surface area contributed by atoms with Gasteiger partial charge in [0.05, 0.1) is 0 Å². The van der Waals surface area contributed by atoms with Crippen LogP contribution in [-0.2, 0) is 14.8 Å². The van der Waals surface area contributed by atoms with Crippen LogP contribution in [0.2, 0.25) is 0 Å². The van der Waals surface area contributed by atoms with Crippen molar-refractivity contribution in [3.63, 3.8) is 0 Å². The molecule has 2 heterocycles. The molecule has 1 fully saturated rings. The van der Waals surface area contributed by atoms with E-state index in [1.54, 1.807) is 6.07 Å². The highest BCUT2D eigenvalue weighted by Gasteiger charge is 2.31. The lowest BCUT2D eigenvalue weighted by Gasteiger charge is -2.29. The van der Waals surface area contributed by atoms with Crippen LogP contribution < -0.4 is 0 Å². The molecule has 1 atom stereocenters. The number of hydrogen-bond donors (Lipinski definition) is 0. The summed E-state index contributed by atoms with van der Waals surface area (Å²) < 4.78 is 26.2. The van der Waals surface area contributed by atoms with Gasteiger partial charge in [0.1, 0.15) is 17.3 Å². The molecule has 1 aromatic rings. The molecule has 1 aliphatic rings. The summed E-state index contributed by atoms with van der Waals surface area (Å²) in [5.74, 6) is -0.272. The lowest BCUT2D eigenvalue weighted by molar-refractivity contribution is -0.112. The van der Waals surface area contributed by atoms with E-state index in [1.807, 2.05) is 0 Å². The SMILES string of the molecule is N#Cc1ncccc1S(=O)(=O)N1CCCC(C=O)C1. The van der Waals surface area contributed by atoms with E-state index >= 15 is 0 Å². The van der Waals surface area contributed by atoms with Crippen molar-refractivity contribution in [1.29, 1.82) is 5.26 Å². The molecule has 0 aromatic carbocycles. The summed E-state index contributed by atoms with van der Waals surface area (Å²) in [4.78, 5) is 14.5. The minimum Gasteiger partial charge on any atom is -0.303 e. The third kappa shape index (κ3) is 2.64. The highest BCUT2D eigenvalue weighted by molar-refractivity contribution is 7.89. The highest BCUT2D eigenvalue weighted by atomic mass is 32.2. The Bertz CT molecular complexity index is 621. The van der Waals surface area contributed by atoms with Gasteiger partial charge >= 0.3 is 0 Å². The van der Waals surface area contributed by atoms with Crippen LogP contribution in [-0.4, -0.2) is 37.1 Å². The summed E-state index contributed by atoms with van der Waals surface area (Å²) in [5, 5.41) is 8.93. The number of hydrogen-bond acceptors (Lipinski definition) is 5. The Morgan fingerprint density at radius 2 is 2.32 bits per heavy atom. The second-order valence-electron chi connectivity index (χ2n) is 4.36. The van der Waals surface area contributed by atoms with Crippen molar-refractivity contribution in [3.8, 4) is 6.07 Å². The number of piperidine rings is 1. The Labute approximate surface area is 111 Å². The largest absolute Gasteiger partial charge is 0.303 e. The van der Waals surface area contributed by atoms with Crippen LogP contribution in [0.1, 0.15) is 18.5 Å². The van der Waals surface area contributed by atoms with E-state index in [4.69, 9.17) is 5.26 Å². The van der Waals surface area contributed by atoms with Crippen molar-refractivity contribution >= 4 is 16.3 Å². The van der Waals surface area contributed by atoms with E-state index in [-0.39, 0.29) is 23.1 Å². The van der Waals surface area contributed by atoms with Crippen LogP contribution in [0.3, 0.4) is 0 Å². The molecular formula is C12H13N3O3S. The third-order valence-corrected chi connectivity index (χ3v) is 5.00. The summed E-state index contributed by atoms with van der Waals surface area (Å²) in [7, 11) is -3.76. The van der Waals surface area contributed by atoms with Crippen LogP contribution in [0.5, 0.6) is 0 Å². The molecule has 100 valence electrons. The molecule has 0 saturated carbocycles. The third-order valence-electron chi connectivity index (χ3n) is 3.11. The lowest BCUT2D eigenvalue weighted by Crippen LogP contribution is -2.40. The molecule has 0 bridgehead atoms. The fourth-order valence-electron chi connectivity index (χ4n) is 2.13. The zero-order valence-electron chi connectivity index (χ0n) is 10.2. The lowest BCUT2D eigenvalue weighted by atomic mass is 10.0. The number of sulfonamides is 1. The first-order valence-corrected chi connectivity index (χ1v) is 7.34. The van der Waals surface area contributed by atoms with Crippen LogP contribution in [0, 0.1) is 17.2 Å². The molecule has 6 nitrogen and oxygen atoms in total. The van der Waals surface area contributed by atoms with Crippen molar-refractivity contribution in [2.24, 2.45) is 5.92 Å². The molecular weight excluding hydrogens is 266 g/mol. The molecule has 0 amide bonds. The second-order valence-corrected chi connectivity index (χ2v) is 6.27. The summed E-state index contributed by atoms with van der Waals surface area (Å²) in [6.07, 6.45) is 3.51. The van der Waals surface area contributed by atoms with Crippen LogP contribution in [0.15, 0.2) is 23.2 Å². The van der Waals surface area contributed by atoms with Crippen molar-refractivity contribution in [3.05, 3.63) is 24.0 Å². The van der Waals surface area contributed by atoms with Gasteiger partial charge in [0.15, 0.2) is 5.69 Å². The molecule has 1 saturated heterocycles. The molecule has 0 aliphatic carbocycles. The van der Waals surface area contributed by atoms with Crippen molar-refractivity contribution in [2.45, 2.75) is 17.7 Å². The molecule has 1 unspecified atom stereocenters. The average Bonchev–Trinajstić information content (AvgIpc) is 2.47. The Balaban J connectivity index is 2.37. The van der Waals surface area contributed by atoms with Crippen molar-refractivity contribution in [1.82, 2.24) is 9.29 Å². The molecule has 19 heavy (non-hydrogen) atoms. The summed E-state index contributed by atoms with van der Waals surface area (Å²) in [6, 6.07) is 4.63. The maximum atomic E-state index is 12.4. The first-order valence-electron chi connectivity index (χ1n) is 5.90. The Morgan fingerprint density at radius 3 is 3.00 bits per heavy atom. The normalized spacial score (nSPS) is 20.7. The molecule has 0 N–H and O–H groups in total. The topological polar surface area (TPSA) is 91.1 Å². The first-order chi connectivity index (χ1) is 9.09. The molecule has 1 aliphatic heterocycles. The standard InChI is InChI=1S/C12H13N3O3S/c13-7-11-12(4-1-5-14-11)19(17,18)15-6-2-3-10(8-15)9-16/h1,4-5,9-10H,2-3,6,8H2. The summed E-state index contributed by atoms with van der Waals surface area (Å²) in [6.45, 7) is 0.540. The number of pyridine rings is 1. The Morgan fingerprint density at radius 1 is 1.53 bits per heavy atom. The molecule has 0 spiro atoms. The molecule has 1 aromatic heterocycles. The van der Waals surface area contributed by atoms with Crippen molar-refractivity contribution < 1.29 is 13.2 Å². The fourth-order valence-corrected chi connectivity index (χ4v) is 3.75. The Kier molecular flexibility index (Phi) is 3.93. The zero-order chi connectivity index (χ0) is 13.9.